The van der Waals surface area contributed by atoms with E-state index in [2.05, 4.69) is 68.4 Å². The van der Waals surface area contributed by atoms with Crippen molar-refractivity contribution in [3.05, 3.63) is 90.2 Å². The van der Waals surface area contributed by atoms with Gasteiger partial charge in [0.25, 0.3) is 0 Å². The number of rotatable bonds is 4. The third kappa shape index (κ3) is 3.20. The average Bonchev–Trinajstić information content (AvgIpc) is 2.59. The van der Waals surface area contributed by atoms with Crippen LogP contribution in [0.5, 0.6) is 0 Å². The van der Waals surface area contributed by atoms with Crippen LogP contribution in [0.3, 0.4) is 0 Å². The van der Waals surface area contributed by atoms with Crippen molar-refractivity contribution in [3.8, 4) is 0 Å². The molecule has 0 aliphatic carbocycles. The summed E-state index contributed by atoms with van der Waals surface area (Å²) in [6.07, 6.45) is 1.92. The fraction of sp³-hybridized carbons (Fsp3) is 0.143. The molecule has 0 heterocycles. The number of hydrogen-bond acceptors (Lipinski definition) is 1. The molecule has 0 fully saturated rings. The topological polar surface area (TPSA) is 9.23 Å². The van der Waals surface area contributed by atoms with E-state index in [1.165, 1.54) is 21.9 Å². The Kier molecular flexibility index (Phi) is 4.24. The molecule has 110 valence electrons. The Morgan fingerprint density at radius 3 is 2.32 bits per heavy atom. The molecule has 0 saturated carbocycles. The Labute approximate surface area is 131 Å². The fourth-order valence-corrected chi connectivity index (χ4v) is 2.51. The van der Waals surface area contributed by atoms with Gasteiger partial charge in [-0.1, -0.05) is 66.7 Å². The van der Waals surface area contributed by atoms with Crippen LogP contribution in [0.1, 0.15) is 31.1 Å². The lowest BCUT2D eigenvalue weighted by atomic mass is 10.0. The van der Waals surface area contributed by atoms with Crippen molar-refractivity contribution in [1.29, 1.82) is 0 Å². The van der Waals surface area contributed by atoms with Gasteiger partial charge in [-0.15, -0.1) is 0 Å². The Hall–Kier alpha value is -2.54. The smallest absolute Gasteiger partial charge is 0.120 e. The maximum absolute atomic E-state index is 5.89. The van der Waals surface area contributed by atoms with Crippen LogP contribution in [0.25, 0.3) is 16.3 Å². The van der Waals surface area contributed by atoms with E-state index in [0.717, 1.165) is 5.57 Å². The summed E-state index contributed by atoms with van der Waals surface area (Å²) >= 11 is 0. The minimum atomic E-state index is 0.0524. The van der Waals surface area contributed by atoms with Crippen molar-refractivity contribution >= 4 is 16.3 Å². The first-order chi connectivity index (χ1) is 10.7. The molecule has 0 bridgehead atoms. The monoisotopic (exact) mass is 288 g/mol. The first-order valence-corrected chi connectivity index (χ1v) is 7.60. The minimum Gasteiger partial charge on any atom is -0.493 e. The molecule has 22 heavy (non-hydrogen) atoms. The molecule has 0 aliphatic heterocycles. The zero-order valence-electron chi connectivity index (χ0n) is 13.0. The van der Waals surface area contributed by atoms with Gasteiger partial charge in [0.2, 0.25) is 0 Å². The molecule has 0 spiro atoms. The summed E-state index contributed by atoms with van der Waals surface area (Å²) in [5, 5.41) is 2.52. The highest BCUT2D eigenvalue weighted by atomic mass is 16.5. The van der Waals surface area contributed by atoms with Gasteiger partial charge in [-0.2, -0.15) is 0 Å². The van der Waals surface area contributed by atoms with Gasteiger partial charge in [0.05, 0.1) is 6.26 Å². The zero-order chi connectivity index (χ0) is 15.4. The molecule has 0 saturated heterocycles. The molecule has 1 nitrogen and oxygen atoms in total. The van der Waals surface area contributed by atoms with Crippen LogP contribution in [-0.4, -0.2) is 0 Å². The molecule has 1 unspecified atom stereocenters. The molecule has 1 atom stereocenters. The second kappa shape index (κ2) is 6.48. The van der Waals surface area contributed by atoms with E-state index in [1.807, 2.05) is 24.5 Å². The summed E-state index contributed by atoms with van der Waals surface area (Å²) in [5.41, 5.74) is 3.51. The van der Waals surface area contributed by atoms with Gasteiger partial charge in [0, 0.05) is 0 Å². The molecule has 0 amide bonds. The lowest BCUT2D eigenvalue weighted by Gasteiger charge is -2.13. The average molecular weight is 288 g/mol. The maximum atomic E-state index is 5.89. The number of hydrogen-bond donors (Lipinski definition) is 0. The van der Waals surface area contributed by atoms with E-state index in [4.69, 9.17) is 4.74 Å². The van der Waals surface area contributed by atoms with E-state index in [9.17, 15) is 0 Å². The van der Waals surface area contributed by atoms with Crippen molar-refractivity contribution in [2.24, 2.45) is 0 Å². The second-order valence-corrected chi connectivity index (χ2v) is 5.55. The largest absolute Gasteiger partial charge is 0.493 e. The lowest BCUT2D eigenvalue weighted by molar-refractivity contribution is 0.165. The van der Waals surface area contributed by atoms with Crippen LogP contribution >= 0.6 is 0 Å². The third-order valence-electron chi connectivity index (χ3n) is 3.92. The first kappa shape index (κ1) is 14.4. The molecule has 3 rings (SSSR count). The van der Waals surface area contributed by atoms with Crippen LogP contribution in [0.15, 0.2) is 79.1 Å². The van der Waals surface area contributed by atoms with Gasteiger partial charge in [-0.3, -0.25) is 0 Å². The van der Waals surface area contributed by atoms with Crippen molar-refractivity contribution in [2.75, 3.05) is 0 Å². The first-order valence-electron chi connectivity index (χ1n) is 7.60. The summed E-state index contributed by atoms with van der Waals surface area (Å²) in [7, 11) is 0. The molecule has 3 aromatic carbocycles. The number of benzene rings is 3. The third-order valence-corrected chi connectivity index (χ3v) is 3.92. The normalized spacial score (nSPS) is 13.1. The Morgan fingerprint density at radius 1 is 0.864 bits per heavy atom. The van der Waals surface area contributed by atoms with E-state index in [1.54, 1.807) is 0 Å². The quantitative estimate of drug-likeness (QED) is 0.537. The van der Waals surface area contributed by atoms with Crippen molar-refractivity contribution in [1.82, 2.24) is 0 Å². The second-order valence-electron chi connectivity index (χ2n) is 5.55. The predicted molar refractivity (Wildman–Crippen MR) is 93.5 cm³/mol. The number of allylic oxidation sites excluding steroid dienone is 1. The van der Waals surface area contributed by atoms with Crippen molar-refractivity contribution in [2.45, 2.75) is 20.0 Å². The maximum Gasteiger partial charge on any atom is 0.120 e. The van der Waals surface area contributed by atoms with Crippen molar-refractivity contribution in [3.63, 3.8) is 0 Å². The predicted octanol–water partition coefficient (Wildman–Crippen LogP) is 5.98. The van der Waals surface area contributed by atoms with Gasteiger partial charge in [0.1, 0.15) is 6.10 Å². The highest BCUT2D eigenvalue weighted by molar-refractivity contribution is 5.85. The highest BCUT2D eigenvalue weighted by Crippen LogP contribution is 2.23. The van der Waals surface area contributed by atoms with Crippen LogP contribution in [0.4, 0.5) is 0 Å². The highest BCUT2D eigenvalue weighted by Gasteiger charge is 2.04. The summed E-state index contributed by atoms with van der Waals surface area (Å²) < 4.78 is 5.89. The Morgan fingerprint density at radius 2 is 1.55 bits per heavy atom. The molecule has 0 radical (unpaired) electrons. The van der Waals surface area contributed by atoms with Gasteiger partial charge >= 0.3 is 0 Å². The summed E-state index contributed by atoms with van der Waals surface area (Å²) in [6, 6.07) is 25.2. The molecule has 1 heteroatoms. The molecule has 0 N–H and O–H groups in total. The molecular weight excluding hydrogens is 268 g/mol. The van der Waals surface area contributed by atoms with Gasteiger partial charge < -0.3 is 4.74 Å². The number of ether oxygens (including phenoxy) is 1. The molecule has 3 aromatic rings. The molecule has 0 aromatic heterocycles. The van der Waals surface area contributed by atoms with Gasteiger partial charge in [-0.05, 0) is 47.4 Å². The Balaban J connectivity index is 1.78. The van der Waals surface area contributed by atoms with Crippen LogP contribution < -0.4 is 0 Å². The lowest BCUT2D eigenvalue weighted by Crippen LogP contribution is -1.95. The molecule has 0 aliphatic rings. The fourth-order valence-electron chi connectivity index (χ4n) is 2.51. The van der Waals surface area contributed by atoms with Crippen molar-refractivity contribution < 1.29 is 4.74 Å². The zero-order valence-corrected chi connectivity index (χ0v) is 13.0. The number of fused-ring (bicyclic) bond motifs is 1. The SMILES string of the molecule is CC(=COC(C)c1ccccc1)c1ccc2ccccc2c1. The van der Waals surface area contributed by atoms with E-state index >= 15 is 0 Å². The molecular formula is C21H20O. The van der Waals surface area contributed by atoms with Crippen LogP contribution in [0.2, 0.25) is 0 Å². The summed E-state index contributed by atoms with van der Waals surface area (Å²) in [6.45, 7) is 4.15. The van der Waals surface area contributed by atoms with Gasteiger partial charge in [0.15, 0.2) is 0 Å². The van der Waals surface area contributed by atoms with Crippen LogP contribution in [-0.2, 0) is 4.74 Å². The van der Waals surface area contributed by atoms with E-state index in [-0.39, 0.29) is 6.10 Å². The summed E-state index contributed by atoms with van der Waals surface area (Å²) in [5.74, 6) is 0. The van der Waals surface area contributed by atoms with Crippen LogP contribution in [0, 0.1) is 0 Å². The Bertz CT molecular complexity index is 787. The van der Waals surface area contributed by atoms with E-state index < -0.39 is 0 Å². The van der Waals surface area contributed by atoms with Gasteiger partial charge in [-0.25, -0.2) is 0 Å². The van der Waals surface area contributed by atoms with E-state index in [0.29, 0.717) is 0 Å². The minimum absolute atomic E-state index is 0.0524. The summed E-state index contributed by atoms with van der Waals surface area (Å²) in [4.78, 5) is 0. The standard InChI is InChI=1S/C21H20O/c1-16(15-22-17(2)18-8-4-3-5-9-18)20-13-12-19-10-6-7-11-21(19)14-20/h3-15,17H,1-2H3.